The molecule has 1 heterocycles. The van der Waals surface area contributed by atoms with Crippen molar-refractivity contribution in [1.82, 2.24) is 10.3 Å². The van der Waals surface area contributed by atoms with Gasteiger partial charge in [0.05, 0.1) is 0 Å². The van der Waals surface area contributed by atoms with E-state index in [1.165, 1.54) is 46.1 Å². The molecule has 0 radical (unpaired) electrons. The van der Waals surface area contributed by atoms with Crippen LogP contribution in [-0.4, -0.2) is 11.0 Å². The van der Waals surface area contributed by atoms with Crippen LogP contribution in [0.5, 0.6) is 0 Å². The van der Waals surface area contributed by atoms with Gasteiger partial charge in [0.25, 0.3) is 0 Å². The molecule has 3 rings (SSSR count). The Morgan fingerprint density at radius 2 is 1.88 bits per heavy atom. The summed E-state index contributed by atoms with van der Waals surface area (Å²) in [5.74, 6) is 0. The highest BCUT2D eigenvalue weighted by Crippen LogP contribution is 2.28. The molecular formula is C15H20N2. The maximum atomic E-state index is 3.59. The summed E-state index contributed by atoms with van der Waals surface area (Å²) in [7, 11) is 0. The fourth-order valence-electron chi connectivity index (χ4n) is 2.56. The Bertz CT molecular complexity index is 562. The number of H-pyrrole nitrogens is 1. The van der Waals surface area contributed by atoms with E-state index in [2.05, 4.69) is 43.2 Å². The van der Waals surface area contributed by atoms with Crippen LogP contribution in [0.15, 0.2) is 12.1 Å². The first-order valence-corrected chi connectivity index (χ1v) is 6.47. The van der Waals surface area contributed by atoms with Gasteiger partial charge in [-0.3, -0.25) is 0 Å². The lowest BCUT2D eigenvalue weighted by molar-refractivity contribution is 0.675. The minimum Gasteiger partial charge on any atom is -0.357 e. The molecule has 2 N–H and O–H groups in total. The Morgan fingerprint density at radius 1 is 1.18 bits per heavy atom. The maximum Gasteiger partial charge on any atom is 0.0491 e. The molecule has 0 aliphatic heterocycles. The van der Waals surface area contributed by atoms with Crippen molar-refractivity contribution in [3.63, 3.8) is 0 Å². The van der Waals surface area contributed by atoms with Crippen LogP contribution in [0.2, 0.25) is 0 Å². The smallest absolute Gasteiger partial charge is 0.0491 e. The number of aromatic nitrogens is 1. The second kappa shape index (κ2) is 3.88. The summed E-state index contributed by atoms with van der Waals surface area (Å²) in [6.45, 7) is 7.58. The van der Waals surface area contributed by atoms with Crippen LogP contribution in [0.25, 0.3) is 10.9 Å². The molecule has 2 aromatic rings. The minimum atomic E-state index is 0.767. The number of rotatable bonds is 3. The average molecular weight is 228 g/mol. The van der Waals surface area contributed by atoms with E-state index in [0.717, 1.165) is 12.6 Å². The van der Waals surface area contributed by atoms with Crippen molar-refractivity contribution < 1.29 is 0 Å². The van der Waals surface area contributed by atoms with Crippen LogP contribution in [0.4, 0.5) is 0 Å². The lowest BCUT2D eigenvalue weighted by Crippen LogP contribution is -2.16. The van der Waals surface area contributed by atoms with E-state index >= 15 is 0 Å². The van der Waals surface area contributed by atoms with Crippen molar-refractivity contribution in [2.75, 3.05) is 0 Å². The molecule has 1 aromatic heterocycles. The van der Waals surface area contributed by atoms with Gasteiger partial charge in [0, 0.05) is 29.2 Å². The number of aromatic amines is 1. The van der Waals surface area contributed by atoms with Crippen molar-refractivity contribution in [3.8, 4) is 0 Å². The molecule has 17 heavy (non-hydrogen) atoms. The van der Waals surface area contributed by atoms with Crippen molar-refractivity contribution >= 4 is 10.9 Å². The van der Waals surface area contributed by atoms with E-state index in [1.807, 2.05) is 0 Å². The molecule has 0 bridgehead atoms. The van der Waals surface area contributed by atoms with E-state index in [4.69, 9.17) is 0 Å². The summed E-state index contributed by atoms with van der Waals surface area (Å²) in [6, 6.07) is 5.19. The molecule has 1 fully saturated rings. The molecule has 1 aliphatic rings. The van der Waals surface area contributed by atoms with Crippen molar-refractivity contribution in [2.45, 2.75) is 46.2 Å². The number of hydrogen-bond acceptors (Lipinski definition) is 1. The Morgan fingerprint density at radius 3 is 2.53 bits per heavy atom. The summed E-state index contributed by atoms with van der Waals surface area (Å²) < 4.78 is 0. The van der Waals surface area contributed by atoms with Crippen LogP contribution in [0.3, 0.4) is 0 Å². The zero-order chi connectivity index (χ0) is 12.0. The van der Waals surface area contributed by atoms with Gasteiger partial charge in [0.1, 0.15) is 0 Å². The molecule has 0 unspecified atom stereocenters. The van der Waals surface area contributed by atoms with Gasteiger partial charge in [0.2, 0.25) is 0 Å². The Balaban J connectivity index is 2.03. The van der Waals surface area contributed by atoms with E-state index in [9.17, 15) is 0 Å². The molecule has 0 amide bonds. The van der Waals surface area contributed by atoms with Crippen LogP contribution in [-0.2, 0) is 6.54 Å². The SMILES string of the molecule is Cc1ccc(C)c2c(C)c(CNC3CC3)[nH]c12. The molecule has 1 aliphatic carbocycles. The van der Waals surface area contributed by atoms with E-state index in [1.54, 1.807) is 0 Å². The predicted octanol–water partition coefficient (Wildman–Crippen LogP) is 3.35. The number of aryl methyl sites for hydroxylation is 3. The number of fused-ring (bicyclic) bond motifs is 1. The first-order chi connectivity index (χ1) is 8.16. The quantitative estimate of drug-likeness (QED) is 0.828. The molecule has 0 spiro atoms. The minimum absolute atomic E-state index is 0.767. The monoisotopic (exact) mass is 228 g/mol. The standard InChI is InChI=1S/C15H20N2/c1-9-4-5-10(2)15-14(9)11(3)13(17-15)8-16-12-6-7-12/h4-5,12,16-17H,6-8H2,1-3H3. The third-order valence-corrected chi connectivity index (χ3v) is 3.87. The van der Waals surface area contributed by atoms with Crippen molar-refractivity contribution in [3.05, 3.63) is 34.5 Å². The van der Waals surface area contributed by atoms with Crippen LogP contribution < -0.4 is 5.32 Å². The molecule has 1 aromatic carbocycles. The molecule has 0 saturated heterocycles. The van der Waals surface area contributed by atoms with Gasteiger partial charge in [-0.1, -0.05) is 12.1 Å². The third-order valence-electron chi connectivity index (χ3n) is 3.87. The zero-order valence-electron chi connectivity index (χ0n) is 10.9. The van der Waals surface area contributed by atoms with Crippen LogP contribution >= 0.6 is 0 Å². The summed E-state index contributed by atoms with van der Waals surface area (Å²) >= 11 is 0. The van der Waals surface area contributed by atoms with Crippen molar-refractivity contribution in [2.24, 2.45) is 0 Å². The zero-order valence-corrected chi connectivity index (χ0v) is 10.9. The fourth-order valence-corrected chi connectivity index (χ4v) is 2.56. The first-order valence-electron chi connectivity index (χ1n) is 6.47. The van der Waals surface area contributed by atoms with Gasteiger partial charge >= 0.3 is 0 Å². The second-order valence-electron chi connectivity index (χ2n) is 5.33. The lowest BCUT2D eigenvalue weighted by atomic mass is 10.0. The Hall–Kier alpha value is -1.28. The topological polar surface area (TPSA) is 27.8 Å². The van der Waals surface area contributed by atoms with Gasteiger partial charge in [-0.05, 0) is 50.3 Å². The molecule has 2 nitrogen and oxygen atoms in total. The first kappa shape index (κ1) is 10.8. The normalized spacial score (nSPS) is 15.7. The average Bonchev–Trinajstić information content (AvgIpc) is 3.06. The number of hydrogen-bond donors (Lipinski definition) is 2. The van der Waals surface area contributed by atoms with Gasteiger partial charge in [0.15, 0.2) is 0 Å². The van der Waals surface area contributed by atoms with Crippen molar-refractivity contribution in [1.29, 1.82) is 0 Å². The van der Waals surface area contributed by atoms with Gasteiger partial charge in [-0.25, -0.2) is 0 Å². The largest absolute Gasteiger partial charge is 0.357 e. The maximum absolute atomic E-state index is 3.59. The van der Waals surface area contributed by atoms with E-state index < -0.39 is 0 Å². The third kappa shape index (κ3) is 1.87. The van der Waals surface area contributed by atoms with Gasteiger partial charge in [-0.15, -0.1) is 0 Å². The summed E-state index contributed by atoms with van der Waals surface area (Å²) in [5, 5.41) is 5.00. The Labute approximate surface area is 102 Å². The molecular weight excluding hydrogens is 208 g/mol. The predicted molar refractivity (Wildman–Crippen MR) is 72.4 cm³/mol. The summed E-state index contributed by atoms with van der Waals surface area (Å²) in [5.41, 5.74) is 6.79. The highest BCUT2D eigenvalue weighted by molar-refractivity contribution is 5.89. The number of nitrogens with one attached hydrogen (secondary N) is 2. The van der Waals surface area contributed by atoms with E-state index in [-0.39, 0.29) is 0 Å². The van der Waals surface area contributed by atoms with Gasteiger partial charge in [-0.2, -0.15) is 0 Å². The number of benzene rings is 1. The van der Waals surface area contributed by atoms with Crippen LogP contribution in [0, 0.1) is 20.8 Å². The second-order valence-corrected chi connectivity index (χ2v) is 5.33. The molecule has 2 heteroatoms. The highest BCUT2D eigenvalue weighted by atomic mass is 15.0. The lowest BCUT2D eigenvalue weighted by Gasteiger charge is -2.02. The molecule has 0 atom stereocenters. The highest BCUT2D eigenvalue weighted by Gasteiger charge is 2.21. The molecule has 90 valence electrons. The summed E-state index contributed by atoms with van der Waals surface area (Å²) in [6.07, 6.45) is 2.69. The summed E-state index contributed by atoms with van der Waals surface area (Å²) in [4.78, 5) is 3.59. The fraction of sp³-hybridized carbons (Fsp3) is 0.467. The van der Waals surface area contributed by atoms with Crippen LogP contribution in [0.1, 0.15) is 35.2 Å². The van der Waals surface area contributed by atoms with E-state index in [0.29, 0.717) is 0 Å². The Kier molecular flexibility index (Phi) is 2.48. The van der Waals surface area contributed by atoms with Gasteiger partial charge < -0.3 is 10.3 Å². The molecule has 1 saturated carbocycles.